The molecule has 1 N–H and O–H groups in total. The number of alkyl carbamates (subject to hydrolysis) is 1. The summed E-state index contributed by atoms with van der Waals surface area (Å²) >= 11 is 6.15. The molecule has 1 unspecified atom stereocenters. The fourth-order valence-electron chi connectivity index (χ4n) is 3.81. The molecule has 0 spiro atoms. The van der Waals surface area contributed by atoms with Gasteiger partial charge < -0.3 is 19.5 Å². The number of carbonyl (C=O) groups excluding carboxylic acids is 3. The van der Waals surface area contributed by atoms with Crippen LogP contribution in [0.1, 0.15) is 31.7 Å². The number of ether oxygens (including phenoxy) is 3. The van der Waals surface area contributed by atoms with Crippen LogP contribution < -0.4 is 9.62 Å². The maximum Gasteiger partial charge on any atom is 0.409 e. The van der Waals surface area contributed by atoms with Crippen molar-refractivity contribution in [2.24, 2.45) is 0 Å². The summed E-state index contributed by atoms with van der Waals surface area (Å²) in [6.45, 7) is 0.245. The highest BCUT2D eigenvalue weighted by Gasteiger charge is 2.40. The standard InChI is InChI=1S/C26H28ClFN2O8S/c1-2-36-25(32)20-10-6-7-11-23(20)39(34,35)30(22-13-12-19(28)14-21(22)27)17-38-26(33)29-15-24(31)37-16-18-8-4-3-5-9-18/h3-5,8-10,12-14,23H,2,6-7,11,15-17H2,1H3,(H,29,33). The molecule has 10 nitrogen and oxygen atoms in total. The second kappa shape index (κ2) is 13.9. The van der Waals surface area contributed by atoms with Gasteiger partial charge in [0, 0.05) is 0 Å². The number of sulfonamides is 1. The largest absolute Gasteiger partial charge is 0.463 e. The van der Waals surface area contributed by atoms with Gasteiger partial charge in [0.05, 0.1) is 22.9 Å². The smallest absolute Gasteiger partial charge is 0.409 e. The van der Waals surface area contributed by atoms with Gasteiger partial charge in [-0.3, -0.25) is 4.79 Å². The van der Waals surface area contributed by atoms with Crippen molar-refractivity contribution in [3.63, 3.8) is 0 Å². The molecule has 13 heteroatoms. The van der Waals surface area contributed by atoms with E-state index in [0.29, 0.717) is 17.1 Å². The fourth-order valence-corrected chi connectivity index (χ4v) is 6.04. The zero-order chi connectivity index (χ0) is 28.4. The molecule has 0 saturated heterocycles. The molecule has 210 valence electrons. The van der Waals surface area contributed by atoms with E-state index >= 15 is 0 Å². The van der Waals surface area contributed by atoms with Crippen molar-refractivity contribution in [2.45, 2.75) is 38.0 Å². The molecule has 2 aromatic rings. The van der Waals surface area contributed by atoms with Gasteiger partial charge in [-0.15, -0.1) is 0 Å². The summed E-state index contributed by atoms with van der Waals surface area (Å²) in [4.78, 5) is 36.8. The molecule has 1 aliphatic carbocycles. The minimum Gasteiger partial charge on any atom is -0.463 e. The summed E-state index contributed by atoms with van der Waals surface area (Å²) in [6, 6.07) is 11.9. The first-order chi connectivity index (χ1) is 18.6. The average Bonchev–Trinajstić information content (AvgIpc) is 2.92. The summed E-state index contributed by atoms with van der Waals surface area (Å²) in [5.41, 5.74) is 0.545. The Bertz CT molecular complexity index is 1320. The first-order valence-electron chi connectivity index (χ1n) is 12.1. The van der Waals surface area contributed by atoms with E-state index in [1.165, 1.54) is 6.08 Å². The van der Waals surface area contributed by atoms with Crippen LogP contribution >= 0.6 is 11.6 Å². The molecule has 0 heterocycles. The number of hydrogen-bond donors (Lipinski definition) is 1. The number of allylic oxidation sites excluding steroid dienone is 1. The summed E-state index contributed by atoms with van der Waals surface area (Å²) in [7, 11) is -4.43. The van der Waals surface area contributed by atoms with Crippen molar-refractivity contribution in [3.8, 4) is 0 Å². The lowest BCUT2D eigenvalue weighted by Gasteiger charge is -2.31. The second-order valence-electron chi connectivity index (χ2n) is 8.35. The zero-order valence-electron chi connectivity index (χ0n) is 21.1. The summed E-state index contributed by atoms with van der Waals surface area (Å²) in [5, 5.41) is 0.615. The topological polar surface area (TPSA) is 128 Å². The summed E-state index contributed by atoms with van der Waals surface area (Å²) in [5.74, 6) is -2.23. The van der Waals surface area contributed by atoms with Crippen LogP contribution in [0.5, 0.6) is 0 Å². The first kappa shape index (κ1) is 29.9. The van der Waals surface area contributed by atoms with Crippen molar-refractivity contribution < 1.29 is 41.4 Å². The Morgan fingerprint density at radius 2 is 1.85 bits per heavy atom. The van der Waals surface area contributed by atoms with Crippen LogP contribution in [-0.2, 0) is 40.4 Å². The van der Waals surface area contributed by atoms with Gasteiger partial charge in [-0.25, -0.2) is 26.7 Å². The summed E-state index contributed by atoms with van der Waals surface area (Å²) < 4.78 is 57.1. The highest BCUT2D eigenvalue weighted by Crippen LogP contribution is 2.34. The molecule has 1 aliphatic rings. The van der Waals surface area contributed by atoms with E-state index in [4.69, 9.17) is 25.8 Å². The molecular formula is C26H28ClFN2O8S. The third-order valence-electron chi connectivity index (χ3n) is 5.67. The predicted octanol–water partition coefficient (Wildman–Crippen LogP) is 4.08. The van der Waals surface area contributed by atoms with Crippen LogP contribution in [0.4, 0.5) is 14.9 Å². The van der Waals surface area contributed by atoms with E-state index in [1.54, 1.807) is 31.2 Å². The maximum atomic E-state index is 13.8. The first-order valence-corrected chi connectivity index (χ1v) is 14.0. The van der Waals surface area contributed by atoms with Crippen LogP contribution in [0.3, 0.4) is 0 Å². The lowest BCUT2D eigenvalue weighted by atomic mass is 9.99. The second-order valence-corrected chi connectivity index (χ2v) is 10.8. The van der Waals surface area contributed by atoms with Gasteiger partial charge in [0.15, 0.2) is 6.73 Å². The van der Waals surface area contributed by atoms with Crippen molar-refractivity contribution >= 4 is 45.3 Å². The zero-order valence-corrected chi connectivity index (χ0v) is 22.7. The van der Waals surface area contributed by atoms with Crippen LogP contribution in [0.25, 0.3) is 0 Å². The monoisotopic (exact) mass is 582 g/mol. The molecule has 0 radical (unpaired) electrons. The van der Waals surface area contributed by atoms with E-state index in [9.17, 15) is 27.2 Å². The number of esters is 2. The molecule has 3 rings (SSSR count). The Labute approximate surface area is 230 Å². The van der Waals surface area contributed by atoms with Crippen molar-refractivity contribution in [2.75, 3.05) is 24.2 Å². The lowest BCUT2D eigenvalue weighted by Crippen LogP contribution is -2.44. The van der Waals surface area contributed by atoms with Gasteiger partial charge in [0.2, 0.25) is 10.0 Å². The Balaban J connectivity index is 1.73. The van der Waals surface area contributed by atoms with Crippen molar-refractivity contribution in [1.82, 2.24) is 5.32 Å². The highest BCUT2D eigenvalue weighted by molar-refractivity contribution is 7.93. The Kier molecular flexibility index (Phi) is 10.7. The van der Waals surface area contributed by atoms with Crippen LogP contribution in [0.2, 0.25) is 5.02 Å². The normalized spacial score (nSPS) is 15.1. The van der Waals surface area contributed by atoms with E-state index in [2.05, 4.69) is 5.32 Å². The van der Waals surface area contributed by atoms with Gasteiger partial charge in [-0.1, -0.05) is 48.0 Å². The van der Waals surface area contributed by atoms with Gasteiger partial charge >= 0.3 is 18.0 Å². The number of nitrogens with zero attached hydrogens (tertiary/aromatic N) is 1. The fraction of sp³-hybridized carbons (Fsp3) is 0.346. The molecule has 39 heavy (non-hydrogen) atoms. The highest BCUT2D eigenvalue weighted by atomic mass is 35.5. The van der Waals surface area contributed by atoms with Gasteiger partial charge in [0.25, 0.3) is 0 Å². The van der Waals surface area contributed by atoms with Gasteiger partial charge in [-0.2, -0.15) is 0 Å². The van der Waals surface area contributed by atoms with Crippen molar-refractivity contribution in [3.05, 3.63) is 76.6 Å². The van der Waals surface area contributed by atoms with Gasteiger partial charge in [-0.05, 0) is 49.9 Å². The Morgan fingerprint density at radius 3 is 2.54 bits per heavy atom. The summed E-state index contributed by atoms with van der Waals surface area (Å²) in [6.07, 6.45) is 1.45. The van der Waals surface area contributed by atoms with Crippen LogP contribution in [0, 0.1) is 5.82 Å². The lowest BCUT2D eigenvalue weighted by molar-refractivity contribution is -0.143. The third kappa shape index (κ3) is 8.17. The Morgan fingerprint density at radius 1 is 1.10 bits per heavy atom. The molecule has 1 atom stereocenters. The average molecular weight is 583 g/mol. The third-order valence-corrected chi connectivity index (χ3v) is 8.10. The van der Waals surface area contributed by atoms with Crippen LogP contribution in [0.15, 0.2) is 60.2 Å². The molecule has 0 aliphatic heterocycles. The minimum absolute atomic E-state index is 0.00317. The SMILES string of the molecule is CCOC(=O)C1=CCCCC1S(=O)(=O)N(COC(=O)NCC(=O)OCc1ccccc1)c1ccc(F)cc1Cl. The molecule has 0 fully saturated rings. The number of amides is 1. The number of benzene rings is 2. The minimum atomic E-state index is -4.43. The van der Waals surface area contributed by atoms with E-state index in [-0.39, 0.29) is 35.9 Å². The van der Waals surface area contributed by atoms with Gasteiger partial charge in [0.1, 0.15) is 24.2 Å². The number of rotatable bonds is 11. The Hall–Kier alpha value is -3.64. The number of carbonyl (C=O) groups is 3. The number of anilines is 1. The molecule has 0 saturated carbocycles. The number of nitrogens with one attached hydrogen (secondary N) is 1. The predicted molar refractivity (Wildman–Crippen MR) is 141 cm³/mol. The maximum absolute atomic E-state index is 13.8. The van der Waals surface area contributed by atoms with E-state index in [1.807, 2.05) is 6.07 Å². The molecular weight excluding hydrogens is 555 g/mol. The molecule has 2 aromatic carbocycles. The quantitative estimate of drug-likeness (QED) is 0.238. The van der Waals surface area contributed by atoms with Crippen molar-refractivity contribution in [1.29, 1.82) is 0 Å². The molecule has 1 amide bonds. The van der Waals surface area contributed by atoms with E-state index < -0.39 is 52.4 Å². The molecule has 0 bridgehead atoms. The van der Waals surface area contributed by atoms with Crippen LogP contribution in [-0.4, -0.2) is 51.6 Å². The van der Waals surface area contributed by atoms with E-state index in [0.717, 1.165) is 23.8 Å². The number of hydrogen-bond acceptors (Lipinski definition) is 8. The molecule has 0 aromatic heterocycles. The number of halogens is 2.